The van der Waals surface area contributed by atoms with Crippen LogP contribution in [-0.4, -0.2) is 103 Å². The molecule has 8 unspecified atom stereocenters. The molecule has 48 heavy (non-hydrogen) atoms. The fraction of sp³-hybridized carbons (Fsp3) is 0.865. The summed E-state index contributed by atoms with van der Waals surface area (Å²) in [7, 11) is 5.57. The number of hydrogen-bond donors (Lipinski definition) is 2. The molecule has 11 heteroatoms. The zero-order chi connectivity index (χ0) is 36.0. The Morgan fingerprint density at radius 3 is 2.29 bits per heavy atom. The van der Waals surface area contributed by atoms with Crippen molar-refractivity contribution in [1.82, 2.24) is 4.90 Å². The molecule has 2 fully saturated rings. The van der Waals surface area contributed by atoms with Gasteiger partial charge in [-0.3, -0.25) is 4.79 Å². The number of nitrogens with zero attached hydrogens (tertiary/aromatic N) is 1. The number of fused-ring (bicyclic) bond motifs is 2. The lowest BCUT2D eigenvalue weighted by Crippen LogP contribution is -2.55. The van der Waals surface area contributed by atoms with E-state index in [1.165, 1.54) is 0 Å². The molecule has 0 aromatic carbocycles. The highest BCUT2D eigenvalue weighted by Crippen LogP contribution is 2.46. The van der Waals surface area contributed by atoms with Gasteiger partial charge in [-0.2, -0.15) is 0 Å². The van der Waals surface area contributed by atoms with Crippen molar-refractivity contribution in [3.63, 3.8) is 0 Å². The number of aliphatic hydroxyl groups is 2. The first-order chi connectivity index (χ1) is 22.2. The maximum atomic E-state index is 14.2. The number of furan rings is 1. The van der Waals surface area contributed by atoms with Crippen LogP contribution in [0.4, 0.5) is 0 Å². The molecule has 4 rings (SSSR count). The van der Waals surface area contributed by atoms with Crippen LogP contribution in [0, 0.1) is 30.1 Å². The molecule has 0 aliphatic carbocycles. The van der Waals surface area contributed by atoms with E-state index < -0.39 is 77.8 Å². The summed E-state index contributed by atoms with van der Waals surface area (Å²) in [6.45, 7) is 21.3. The number of esters is 1. The smallest absolute Gasteiger partial charge is 0.311 e. The first-order valence-electron chi connectivity index (χ1n) is 17.7. The maximum absolute atomic E-state index is 14.2. The lowest BCUT2D eigenvalue weighted by Gasteiger charge is -2.47. The van der Waals surface area contributed by atoms with Crippen molar-refractivity contribution < 1.29 is 47.8 Å². The van der Waals surface area contributed by atoms with Gasteiger partial charge in [0.2, 0.25) is 0 Å². The molecule has 2 N–H and O–H groups in total. The van der Waals surface area contributed by atoms with E-state index in [1.54, 1.807) is 21.0 Å². The average Bonchev–Trinajstić information content (AvgIpc) is 3.40. The van der Waals surface area contributed by atoms with Crippen molar-refractivity contribution >= 4 is 5.97 Å². The van der Waals surface area contributed by atoms with E-state index in [0.29, 0.717) is 24.4 Å². The summed E-state index contributed by atoms with van der Waals surface area (Å²) in [6, 6.07) is 1.77. The summed E-state index contributed by atoms with van der Waals surface area (Å²) in [5.74, 6) is -0.831. The van der Waals surface area contributed by atoms with Gasteiger partial charge in [-0.05, 0) is 73.7 Å². The molecule has 3 aliphatic heterocycles. The third-order valence-electron chi connectivity index (χ3n) is 12.0. The van der Waals surface area contributed by atoms with Gasteiger partial charge in [0.15, 0.2) is 12.6 Å². The van der Waals surface area contributed by atoms with Gasteiger partial charge < -0.3 is 48.0 Å². The van der Waals surface area contributed by atoms with Crippen LogP contribution in [-0.2, 0) is 33.2 Å². The van der Waals surface area contributed by atoms with E-state index in [9.17, 15) is 15.0 Å². The Morgan fingerprint density at radius 1 is 1.06 bits per heavy atom. The van der Waals surface area contributed by atoms with Crippen LogP contribution in [0.15, 0.2) is 10.5 Å². The summed E-state index contributed by atoms with van der Waals surface area (Å²) in [5, 5.41) is 22.3. The number of rotatable bonds is 8. The molecular formula is C37H63NO10. The topological polar surface area (TPSA) is 129 Å². The molecule has 4 heterocycles. The van der Waals surface area contributed by atoms with Crippen molar-refractivity contribution in [2.24, 2.45) is 23.2 Å². The Bertz CT molecular complexity index is 1230. The molecule has 0 amide bonds. The summed E-state index contributed by atoms with van der Waals surface area (Å²) in [6.07, 6.45) is -4.82. The van der Waals surface area contributed by atoms with Crippen molar-refractivity contribution in [2.45, 2.75) is 162 Å². The largest absolute Gasteiger partial charge is 0.463 e. The number of hydrogen-bond acceptors (Lipinski definition) is 11. The first kappa shape index (κ1) is 39.2. The Morgan fingerprint density at radius 2 is 1.71 bits per heavy atom. The highest BCUT2D eigenvalue weighted by Gasteiger charge is 2.50. The molecule has 2 bridgehead atoms. The molecule has 0 saturated carbocycles. The Hall–Kier alpha value is -1.57. The molecular weight excluding hydrogens is 618 g/mol. The molecule has 1 aromatic rings. The first-order valence-corrected chi connectivity index (χ1v) is 17.7. The van der Waals surface area contributed by atoms with Crippen LogP contribution in [0.5, 0.6) is 0 Å². The van der Waals surface area contributed by atoms with Crippen molar-refractivity contribution in [1.29, 1.82) is 0 Å². The van der Waals surface area contributed by atoms with Crippen LogP contribution < -0.4 is 0 Å². The lowest BCUT2D eigenvalue weighted by molar-refractivity contribution is -0.300. The van der Waals surface area contributed by atoms with Crippen LogP contribution in [0.25, 0.3) is 0 Å². The zero-order valence-corrected chi connectivity index (χ0v) is 31.7. The molecule has 1 aromatic heterocycles. The van der Waals surface area contributed by atoms with Crippen LogP contribution in [0.1, 0.15) is 111 Å². The van der Waals surface area contributed by atoms with E-state index >= 15 is 0 Å². The number of likely N-dealkylation sites (N-methyl/N-ethyl adjacent to an activating group) is 1. The molecule has 11 nitrogen and oxygen atoms in total. The number of aliphatic hydroxyl groups excluding tert-OH is 2. The number of aryl methyl sites for hydroxylation is 1. The average molecular weight is 682 g/mol. The van der Waals surface area contributed by atoms with Crippen molar-refractivity contribution in [3.05, 3.63) is 23.2 Å². The van der Waals surface area contributed by atoms with E-state index in [0.717, 1.165) is 5.56 Å². The van der Waals surface area contributed by atoms with Gasteiger partial charge in [0, 0.05) is 36.8 Å². The van der Waals surface area contributed by atoms with Gasteiger partial charge in [-0.15, -0.1) is 0 Å². The van der Waals surface area contributed by atoms with Crippen LogP contribution in [0.2, 0.25) is 0 Å². The standard InChI is InChI=1S/C37H63NO10/c1-18-15-27-32(47-35-29(40)26(38(12)13)16-19(2)43-35)20(3)31(46-28-17-37(11,42-14)23(6)24(7)44-28)22(5)34(41)48-33(21(4)30(18)45-27)36(9,10)25(8)39/h15,19-26,28-29,31-33,35,39-40H,16-17H2,1-14H3/t19-,20+,21+,22-,23+,24+,25?,26?,28?,29?,31?,32?,33-,35?,37?/m1/s1. The molecule has 2 saturated heterocycles. The zero-order valence-electron chi connectivity index (χ0n) is 31.7. The highest BCUT2D eigenvalue weighted by atomic mass is 16.7. The monoisotopic (exact) mass is 681 g/mol. The van der Waals surface area contributed by atoms with E-state index in [2.05, 4.69) is 13.8 Å². The number of carbonyl (C=O) groups is 1. The predicted molar refractivity (Wildman–Crippen MR) is 180 cm³/mol. The third-order valence-corrected chi connectivity index (χ3v) is 12.0. The number of cyclic esters (lactones) is 1. The minimum Gasteiger partial charge on any atom is -0.463 e. The van der Waals surface area contributed by atoms with Crippen LogP contribution in [0.3, 0.4) is 0 Å². The predicted octanol–water partition coefficient (Wildman–Crippen LogP) is 5.34. The number of carbonyl (C=O) groups excluding carboxylic acids is 1. The van der Waals surface area contributed by atoms with Gasteiger partial charge in [-0.1, -0.05) is 34.6 Å². The minimum absolute atomic E-state index is 0.108. The SMILES string of the molecule is COC1(C)CC(OC2[C@H](C)C(OC3O[C@H](C)CC(N(C)C)C3O)c3cc(C)c(o3)[C@H](C)[C@H](C(C)(C)C(C)O)OC(=O)[C@@H]2C)O[C@@H](C)[C@@H]1C. The van der Waals surface area contributed by atoms with E-state index in [1.807, 2.05) is 73.5 Å². The Labute approximate surface area is 287 Å². The highest BCUT2D eigenvalue weighted by molar-refractivity contribution is 5.73. The molecule has 15 atom stereocenters. The van der Waals surface area contributed by atoms with Crippen molar-refractivity contribution in [3.8, 4) is 0 Å². The van der Waals surface area contributed by atoms with Crippen LogP contribution >= 0.6 is 0 Å². The Balaban J connectivity index is 1.83. The van der Waals surface area contributed by atoms with Gasteiger partial charge in [0.05, 0.1) is 41.9 Å². The van der Waals surface area contributed by atoms with Crippen molar-refractivity contribution in [2.75, 3.05) is 21.2 Å². The maximum Gasteiger partial charge on any atom is 0.311 e. The fourth-order valence-corrected chi connectivity index (χ4v) is 7.82. The quantitative estimate of drug-likeness (QED) is 0.345. The fourth-order valence-electron chi connectivity index (χ4n) is 7.82. The summed E-state index contributed by atoms with van der Waals surface area (Å²) in [5.41, 5.74) is -0.452. The van der Waals surface area contributed by atoms with Gasteiger partial charge in [0.1, 0.15) is 29.8 Å². The van der Waals surface area contributed by atoms with E-state index in [-0.39, 0.29) is 24.2 Å². The molecule has 0 radical (unpaired) electrons. The second-order valence-corrected chi connectivity index (χ2v) is 16.0. The van der Waals surface area contributed by atoms with E-state index in [4.69, 9.17) is 32.8 Å². The minimum atomic E-state index is -0.960. The molecule has 3 aliphatic rings. The van der Waals surface area contributed by atoms with Gasteiger partial charge in [-0.25, -0.2) is 0 Å². The van der Waals surface area contributed by atoms with Gasteiger partial charge >= 0.3 is 5.97 Å². The normalized spacial score (nSPS) is 42.3. The summed E-state index contributed by atoms with van der Waals surface area (Å²) >= 11 is 0. The summed E-state index contributed by atoms with van der Waals surface area (Å²) < 4.78 is 45.2. The van der Waals surface area contributed by atoms with Gasteiger partial charge in [0.25, 0.3) is 0 Å². The third kappa shape index (κ3) is 7.68. The Kier molecular flexibility index (Phi) is 12.2. The summed E-state index contributed by atoms with van der Waals surface area (Å²) in [4.78, 5) is 16.2. The molecule has 276 valence electrons. The number of ether oxygens (including phenoxy) is 6. The number of methoxy groups -OCH3 is 1. The second kappa shape index (κ2) is 15.0. The lowest BCUT2D eigenvalue weighted by atomic mass is 9.75. The molecule has 0 spiro atoms. The second-order valence-electron chi connectivity index (χ2n) is 16.0.